The van der Waals surface area contributed by atoms with Crippen molar-refractivity contribution in [2.45, 2.75) is 116 Å². The van der Waals surface area contributed by atoms with Gasteiger partial charge in [-0.3, -0.25) is 4.99 Å². The molecule has 0 fully saturated rings. The second kappa shape index (κ2) is 16.4. The van der Waals surface area contributed by atoms with Gasteiger partial charge in [-0.25, -0.2) is 0 Å². The fraction of sp³-hybridized carbons (Fsp3) is 0.870. The third-order valence-corrected chi connectivity index (χ3v) is 5.33. The molecule has 0 aromatic rings. The SMILES string of the molecule is CCCCC/C=C/CCCCCCCCCCCC1=NCCN1C(C)O. The fourth-order valence-corrected chi connectivity index (χ4v) is 3.66. The van der Waals surface area contributed by atoms with Gasteiger partial charge in [0.1, 0.15) is 12.1 Å². The van der Waals surface area contributed by atoms with Crippen LogP contribution in [0.2, 0.25) is 0 Å². The summed E-state index contributed by atoms with van der Waals surface area (Å²) in [5, 5.41) is 9.70. The van der Waals surface area contributed by atoms with E-state index in [1.165, 1.54) is 89.9 Å². The summed E-state index contributed by atoms with van der Waals surface area (Å²) in [6.07, 6.45) is 24.3. The van der Waals surface area contributed by atoms with Gasteiger partial charge in [-0.05, 0) is 39.0 Å². The van der Waals surface area contributed by atoms with Crippen LogP contribution in [0.5, 0.6) is 0 Å². The third kappa shape index (κ3) is 11.7. The van der Waals surface area contributed by atoms with E-state index >= 15 is 0 Å². The number of aliphatic hydroxyl groups is 1. The molecule has 1 heterocycles. The summed E-state index contributed by atoms with van der Waals surface area (Å²) >= 11 is 0. The highest BCUT2D eigenvalue weighted by atomic mass is 16.3. The van der Waals surface area contributed by atoms with Crippen LogP contribution in [0.4, 0.5) is 0 Å². The number of amidine groups is 1. The van der Waals surface area contributed by atoms with Crippen molar-refractivity contribution in [3.63, 3.8) is 0 Å². The molecule has 3 heteroatoms. The van der Waals surface area contributed by atoms with Crippen LogP contribution in [0.25, 0.3) is 0 Å². The molecule has 0 bridgehead atoms. The van der Waals surface area contributed by atoms with Gasteiger partial charge in [0.25, 0.3) is 0 Å². The molecule has 0 aromatic heterocycles. The molecule has 1 aliphatic heterocycles. The van der Waals surface area contributed by atoms with Gasteiger partial charge in [0.05, 0.1) is 6.54 Å². The third-order valence-electron chi connectivity index (χ3n) is 5.33. The quantitative estimate of drug-likeness (QED) is 0.237. The number of hydrogen-bond acceptors (Lipinski definition) is 3. The van der Waals surface area contributed by atoms with Crippen LogP contribution in [0, 0.1) is 0 Å². The minimum absolute atomic E-state index is 0.382. The molecule has 3 nitrogen and oxygen atoms in total. The molecule has 1 N–H and O–H groups in total. The van der Waals surface area contributed by atoms with Gasteiger partial charge in [-0.15, -0.1) is 0 Å². The average Bonchev–Trinajstić information content (AvgIpc) is 3.10. The first-order chi connectivity index (χ1) is 12.8. The molecule has 0 amide bonds. The molecular weight excluding hydrogens is 320 g/mol. The lowest BCUT2D eigenvalue weighted by atomic mass is 10.1. The van der Waals surface area contributed by atoms with E-state index in [0.29, 0.717) is 0 Å². The second-order valence-corrected chi connectivity index (χ2v) is 7.81. The first-order valence-corrected chi connectivity index (χ1v) is 11.4. The number of hydrogen-bond donors (Lipinski definition) is 1. The minimum Gasteiger partial charge on any atom is -0.374 e. The second-order valence-electron chi connectivity index (χ2n) is 7.81. The van der Waals surface area contributed by atoms with Crippen molar-refractivity contribution in [2.75, 3.05) is 13.1 Å². The average molecular weight is 365 g/mol. The molecule has 0 saturated heterocycles. The standard InChI is InChI=1S/C23H44N2O/c1-3-4-5-6-7-8-9-10-11-12-13-14-15-16-17-18-19-23-24-20-21-25(23)22(2)26/h7-8,22,26H,3-6,9-21H2,1-2H3/b8-7+. The van der Waals surface area contributed by atoms with Gasteiger partial charge >= 0.3 is 0 Å². The van der Waals surface area contributed by atoms with Crippen LogP contribution >= 0.6 is 0 Å². The normalized spacial score (nSPS) is 15.8. The van der Waals surface area contributed by atoms with Gasteiger partial charge in [0, 0.05) is 13.0 Å². The topological polar surface area (TPSA) is 35.8 Å². The minimum atomic E-state index is -0.382. The molecule has 152 valence electrons. The summed E-state index contributed by atoms with van der Waals surface area (Å²) in [5.74, 6) is 1.12. The fourth-order valence-electron chi connectivity index (χ4n) is 3.66. The van der Waals surface area contributed by atoms with Crippen molar-refractivity contribution in [3.8, 4) is 0 Å². The van der Waals surface area contributed by atoms with Crippen molar-refractivity contribution in [2.24, 2.45) is 4.99 Å². The highest BCUT2D eigenvalue weighted by Gasteiger charge is 2.19. The molecule has 26 heavy (non-hydrogen) atoms. The lowest BCUT2D eigenvalue weighted by Gasteiger charge is -2.23. The molecule has 0 radical (unpaired) electrons. The first-order valence-electron chi connectivity index (χ1n) is 11.4. The Morgan fingerprint density at radius 2 is 1.42 bits per heavy atom. The highest BCUT2D eigenvalue weighted by molar-refractivity contribution is 5.83. The van der Waals surface area contributed by atoms with E-state index in [4.69, 9.17) is 0 Å². The van der Waals surface area contributed by atoms with Crippen LogP contribution in [-0.4, -0.2) is 35.2 Å². The molecular formula is C23H44N2O. The number of allylic oxidation sites excluding steroid dienone is 2. The maximum absolute atomic E-state index is 9.70. The van der Waals surface area contributed by atoms with Crippen molar-refractivity contribution < 1.29 is 5.11 Å². The first kappa shape index (κ1) is 23.2. The molecule has 1 atom stereocenters. The number of aliphatic imine (C=N–C) groups is 1. The lowest BCUT2D eigenvalue weighted by molar-refractivity contribution is 0.0766. The summed E-state index contributed by atoms with van der Waals surface area (Å²) < 4.78 is 0. The van der Waals surface area contributed by atoms with Crippen molar-refractivity contribution in [1.82, 2.24) is 4.90 Å². The monoisotopic (exact) mass is 364 g/mol. The zero-order chi connectivity index (χ0) is 18.9. The molecule has 0 aromatic carbocycles. The van der Waals surface area contributed by atoms with E-state index in [1.54, 1.807) is 0 Å². The molecule has 1 aliphatic rings. The molecule has 1 unspecified atom stereocenters. The zero-order valence-electron chi connectivity index (χ0n) is 17.6. The highest BCUT2D eigenvalue weighted by Crippen LogP contribution is 2.15. The smallest absolute Gasteiger partial charge is 0.125 e. The summed E-state index contributed by atoms with van der Waals surface area (Å²) in [6.45, 7) is 5.85. The Labute approximate surface area is 163 Å². The van der Waals surface area contributed by atoms with E-state index < -0.39 is 0 Å². The maximum Gasteiger partial charge on any atom is 0.125 e. The Balaban J connectivity index is 1.80. The van der Waals surface area contributed by atoms with Crippen LogP contribution < -0.4 is 0 Å². The predicted octanol–water partition coefficient (Wildman–Crippen LogP) is 6.47. The predicted molar refractivity (Wildman–Crippen MR) is 115 cm³/mol. The van der Waals surface area contributed by atoms with E-state index in [9.17, 15) is 5.11 Å². The molecule has 0 aliphatic carbocycles. The van der Waals surface area contributed by atoms with Crippen molar-refractivity contribution in [3.05, 3.63) is 12.2 Å². The number of nitrogens with zero attached hydrogens (tertiary/aromatic N) is 2. The Kier molecular flexibility index (Phi) is 14.6. The van der Waals surface area contributed by atoms with Crippen LogP contribution in [0.15, 0.2) is 17.1 Å². The summed E-state index contributed by atoms with van der Waals surface area (Å²) in [4.78, 5) is 6.57. The number of aliphatic hydroxyl groups excluding tert-OH is 1. The molecule has 0 saturated carbocycles. The molecule has 1 rings (SSSR count). The maximum atomic E-state index is 9.70. The number of rotatable bonds is 17. The van der Waals surface area contributed by atoms with Crippen LogP contribution in [-0.2, 0) is 0 Å². The van der Waals surface area contributed by atoms with E-state index in [1.807, 2.05) is 11.8 Å². The van der Waals surface area contributed by atoms with Crippen molar-refractivity contribution in [1.29, 1.82) is 0 Å². The van der Waals surface area contributed by atoms with Gasteiger partial charge in [-0.2, -0.15) is 0 Å². The van der Waals surface area contributed by atoms with Gasteiger partial charge in [0.2, 0.25) is 0 Å². The van der Waals surface area contributed by atoms with E-state index in [0.717, 1.165) is 25.3 Å². The Morgan fingerprint density at radius 1 is 0.885 bits per heavy atom. The van der Waals surface area contributed by atoms with Crippen LogP contribution in [0.1, 0.15) is 110 Å². The van der Waals surface area contributed by atoms with Crippen molar-refractivity contribution >= 4 is 5.84 Å². The largest absolute Gasteiger partial charge is 0.374 e. The zero-order valence-corrected chi connectivity index (χ0v) is 17.6. The Bertz CT molecular complexity index is 376. The van der Waals surface area contributed by atoms with Crippen LogP contribution in [0.3, 0.4) is 0 Å². The Morgan fingerprint density at radius 3 is 2.00 bits per heavy atom. The van der Waals surface area contributed by atoms with E-state index in [2.05, 4.69) is 24.1 Å². The summed E-state index contributed by atoms with van der Waals surface area (Å²) in [6, 6.07) is 0. The van der Waals surface area contributed by atoms with E-state index in [-0.39, 0.29) is 6.23 Å². The summed E-state index contributed by atoms with van der Waals surface area (Å²) in [7, 11) is 0. The summed E-state index contributed by atoms with van der Waals surface area (Å²) in [5.41, 5.74) is 0. The Hall–Kier alpha value is -0.830. The van der Waals surface area contributed by atoms with Gasteiger partial charge < -0.3 is 10.0 Å². The molecule has 0 spiro atoms. The van der Waals surface area contributed by atoms with Gasteiger partial charge in [0.15, 0.2) is 0 Å². The lowest BCUT2D eigenvalue weighted by Crippen LogP contribution is -2.35. The number of unbranched alkanes of at least 4 members (excludes halogenated alkanes) is 12. The van der Waals surface area contributed by atoms with Gasteiger partial charge in [-0.1, -0.05) is 76.9 Å².